The summed E-state index contributed by atoms with van der Waals surface area (Å²) in [5, 5.41) is 9.05. The van der Waals surface area contributed by atoms with E-state index in [1.54, 1.807) is 12.1 Å². The van der Waals surface area contributed by atoms with Crippen molar-refractivity contribution in [1.82, 2.24) is 4.98 Å². The first-order valence-corrected chi connectivity index (χ1v) is 15.1. The van der Waals surface area contributed by atoms with Crippen molar-refractivity contribution in [2.24, 2.45) is 5.41 Å². The van der Waals surface area contributed by atoms with Crippen LogP contribution in [-0.4, -0.2) is 36.3 Å². The molecule has 1 aliphatic heterocycles. The lowest BCUT2D eigenvalue weighted by molar-refractivity contribution is -0.166. The Morgan fingerprint density at radius 3 is 2.21 bits per heavy atom. The lowest BCUT2D eigenvalue weighted by Gasteiger charge is -2.41. The van der Waals surface area contributed by atoms with Crippen LogP contribution in [0, 0.1) is 30.6 Å². The fourth-order valence-electron chi connectivity index (χ4n) is 5.53. The zero-order valence-electron chi connectivity index (χ0n) is 26.9. The van der Waals surface area contributed by atoms with E-state index in [-0.39, 0.29) is 12.0 Å². The number of carbonyl (C=O) groups excluding carboxylic acids is 1. The molecule has 1 atom stereocenters. The zero-order chi connectivity index (χ0) is 31.4. The molecule has 0 saturated carbocycles. The van der Waals surface area contributed by atoms with Crippen LogP contribution in [0.25, 0.3) is 11.1 Å². The van der Waals surface area contributed by atoms with Crippen LogP contribution in [0.15, 0.2) is 48.5 Å². The van der Waals surface area contributed by atoms with Gasteiger partial charge in [-0.1, -0.05) is 38.1 Å². The van der Waals surface area contributed by atoms with Gasteiger partial charge in [-0.2, -0.15) is 5.26 Å². The summed E-state index contributed by atoms with van der Waals surface area (Å²) in [6.45, 7) is 18.7. The molecular weight excluding hydrogens is 538 g/mol. The third-order valence-corrected chi connectivity index (χ3v) is 7.88. The Labute approximate surface area is 256 Å². The number of benzene rings is 2. The number of hydrogen-bond acceptors (Lipinski definition) is 7. The fraction of sp³-hybridized carbons (Fsp3) is 0.472. The molecule has 1 aromatic heterocycles. The lowest BCUT2D eigenvalue weighted by Crippen LogP contribution is -2.39. The number of rotatable bonds is 9. The summed E-state index contributed by atoms with van der Waals surface area (Å²) in [6, 6.07) is 17.6. The van der Waals surface area contributed by atoms with E-state index < -0.39 is 17.7 Å². The first-order chi connectivity index (χ1) is 20.3. The monoisotopic (exact) mass is 583 g/mol. The average molecular weight is 584 g/mol. The highest BCUT2D eigenvalue weighted by Gasteiger charge is 2.37. The predicted octanol–water partition coefficient (Wildman–Crippen LogP) is 7.86. The summed E-state index contributed by atoms with van der Waals surface area (Å²) in [4.78, 5) is 20.9. The Hall–Kier alpha value is -3.89. The average Bonchev–Trinajstić information content (AvgIpc) is 2.95. The number of ether oxygens (including phenoxy) is 3. The van der Waals surface area contributed by atoms with Crippen LogP contribution in [0.3, 0.4) is 0 Å². The minimum absolute atomic E-state index is 0.254. The number of anilines is 1. The van der Waals surface area contributed by atoms with Gasteiger partial charge < -0.3 is 19.1 Å². The SMILES string of the molecule is CCOC(=O)C(OC(C)(C)C)c1c(C)nc(C)c(-c2ccc(OCc3ccc(C#N)cc3)cc2)c1N1CCC(C)(C)CC1. The second-order valence-electron chi connectivity index (χ2n) is 13.1. The maximum absolute atomic E-state index is 13.5. The van der Waals surface area contributed by atoms with Crippen LogP contribution in [0.5, 0.6) is 5.75 Å². The molecular formula is C36H45N3O4. The number of piperidine rings is 1. The van der Waals surface area contributed by atoms with Gasteiger partial charge in [0.25, 0.3) is 0 Å². The Morgan fingerprint density at radius 2 is 1.65 bits per heavy atom. The summed E-state index contributed by atoms with van der Waals surface area (Å²) in [5.74, 6) is 0.343. The number of hydrogen-bond donors (Lipinski definition) is 0. The van der Waals surface area contributed by atoms with Crippen LogP contribution >= 0.6 is 0 Å². The second-order valence-corrected chi connectivity index (χ2v) is 13.1. The molecule has 4 rings (SSSR count). The van der Waals surface area contributed by atoms with E-state index in [9.17, 15) is 4.79 Å². The number of pyridine rings is 1. The highest BCUT2D eigenvalue weighted by Crippen LogP contribution is 2.45. The van der Waals surface area contributed by atoms with E-state index in [1.165, 1.54) is 0 Å². The third kappa shape index (κ3) is 7.94. The standard InChI is InChI=1S/C36H45N3O4/c1-9-41-34(40)33(43-35(4,5)6)31-25(3)38-24(2)30(32(31)39-20-18-36(7,8)19-21-39)28-14-16-29(17-15-28)42-23-27-12-10-26(22-37)11-13-27/h10-17,33H,9,18-21,23H2,1-8H3. The van der Waals surface area contributed by atoms with Crippen LogP contribution in [-0.2, 0) is 20.9 Å². The van der Waals surface area contributed by atoms with Crippen molar-refractivity contribution < 1.29 is 19.0 Å². The molecule has 43 heavy (non-hydrogen) atoms. The van der Waals surface area contributed by atoms with Crippen molar-refractivity contribution in [3.05, 3.63) is 76.6 Å². The molecule has 1 fully saturated rings. The molecule has 0 aliphatic carbocycles. The van der Waals surface area contributed by atoms with Gasteiger partial charge in [-0.3, -0.25) is 4.98 Å². The minimum atomic E-state index is -0.910. The molecule has 228 valence electrons. The molecule has 0 amide bonds. The number of esters is 1. The van der Waals surface area contributed by atoms with Gasteiger partial charge in [0.2, 0.25) is 0 Å². The summed E-state index contributed by atoms with van der Waals surface area (Å²) in [6.07, 6.45) is 1.17. The number of nitriles is 1. The van der Waals surface area contributed by atoms with E-state index >= 15 is 0 Å². The maximum Gasteiger partial charge on any atom is 0.340 e. The van der Waals surface area contributed by atoms with Gasteiger partial charge in [0.15, 0.2) is 6.10 Å². The van der Waals surface area contributed by atoms with Gasteiger partial charge in [-0.15, -0.1) is 0 Å². The van der Waals surface area contributed by atoms with Gasteiger partial charge in [-0.25, -0.2) is 4.79 Å². The molecule has 7 nitrogen and oxygen atoms in total. The molecule has 0 N–H and O–H groups in total. The highest BCUT2D eigenvalue weighted by atomic mass is 16.6. The minimum Gasteiger partial charge on any atom is -0.489 e. The van der Waals surface area contributed by atoms with Crippen LogP contribution in [0.1, 0.15) is 88.6 Å². The topological polar surface area (TPSA) is 84.7 Å². The fourth-order valence-corrected chi connectivity index (χ4v) is 5.53. The molecule has 1 saturated heterocycles. The van der Waals surface area contributed by atoms with E-state index in [4.69, 9.17) is 24.5 Å². The number of aryl methyl sites for hydroxylation is 2. The second kappa shape index (κ2) is 13.2. The molecule has 3 aromatic rings. The van der Waals surface area contributed by atoms with Crippen molar-refractivity contribution in [2.45, 2.75) is 86.5 Å². The highest BCUT2D eigenvalue weighted by molar-refractivity contribution is 5.88. The third-order valence-electron chi connectivity index (χ3n) is 7.88. The van der Waals surface area contributed by atoms with E-state index in [0.717, 1.165) is 71.0 Å². The van der Waals surface area contributed by atoms with Crippen molar-refractivity contribution in [3.63, 3.8) is 0 Å². The molecule has 1 unspecified atom stereocenters. The number of carbonyl (C=O) groups is 1. The lowest BCUT2D eigenvalue weighted by atomic mass is 9.82. The predicted molar refractivity (Wildman–Crippen MR) is 170 cm³/mol. The Morgan fingerprint density at radius 1 is 1.02 bits per heavy atom. The van der Waals surface area contributed by atoms with Gasteiger partial charge in [0.1, 0.15) is 12.4 Å². The van der Waals surface area contributed by atoms with Crippen molar-refractivity contribution in [1.29, 1.82) is 5.26 Å². The molecule has 0 spiro atoms. The van der Waals surface area contributed by atoms with Gasteiger partial charge >= 0.3 is 5.97 Å². The molecule has 2 aromatic carbocycles. The smallest absolute Gasteiger partial charge is 0.340 e. The number of aromatic nitrogens is 1. The van der Waals surface area contributed by atoms with E-state index in [1.807, 2.05) is 65.8 Å². The van der Waals surface area contributed by atoms with Gasteiger partial charge in [0, 0.05) is 35.6 Å². The first kappa shape index (κ1) is 32.0. The van der Waals surface area contributed by atoms with E-state index in [0.29, 0.717) is 12.2 Å². The summed E-state index contributed by atoms with van der Waals surface area (Å²) in [5.41, 5.74) is 6.71. The summed E-state index contributed by atoms with van der Waals surface area (Å²) in [7, 11) is 0. The quantitative estimate of drug-likeness (QED) is 0.237. The summed E-state index contributed by atoms with van der Waals surface area (Å²) < 4.78 is 18.1. The van der Waals surface area contributed by atoms with Gasteiger partial charge in [0.05, 0.1) is 29.5 Å². The summed E-state index contributed by atoms with van der Waals surface area (Å²) >= 11 is 0. The normalized spacial score (nSPS) is 15.5. The van der Waals surface area contributed by atoms with Crippen LogP contribution in [0.2, 0.25) is 0 Å². The molecule has 0 bridgehead atoms. The maximum atomic E-state index is 13.5. The van der Waals surface area contributed by atoms with E-state index in [2.05, 4.69) is 36.9 Å². The largest absolute Gasteiger partial charge is 0.489 e. The van der Waals surface area contributed by atoms with Gasteiger partial charge in [-0.05, 0) is 95.2 Å². The molecule has 7 heteroatoms. The Balaban J connectivity index is 1.78. The van der Waals surface area contributed by atoms with Crippen molar-refractivity contribution in [2.75, 3.05) is 24.6 Å². The van der Waals surface area contributed by atoms with Crippen molar-refractivity contribution in [3.8, 4) is 22.9 Å². The molecule has 2 heterocycles. The number of nitrogens with zero attached hydrogens (tertiary/aromatic N) is 3. The Kier molecular flexibility index (Phi) is 9.82. The molecule has 1 aliphatic rings. The van der Waals surface area contributed by atoms with Crippen LogP contribution in [0.4, 0.5) is 5.69 Å². The van der Waals surface area contributed by atoms with Crippen LogP contribution < -0.4 is 9.64 Å². The first-order valence-electron chi connectivity index (χ1n) is 15.1. The molecule has 0 radical (unpaired) electrons. The van der Waals surface area contributed by atoms with Crippen molar-refractivity contribution >= 4 is 11.7 Å². The Bertz CT molecular complexity index is 1450. The zero-order valence-corrected chi connectivity index (χ0v) is 26.9.